The molecule has 5 heteroatoms. The van der Waals surface area contributed by atoms with Gasteiger partial charge in [-0.1, -0.05) is 52.3 Å². The second-order valence-corrected chi connectivity index (χ2v) is 9.44. The number of H-pyrrole nitrogens is 1. The van der Waals surface area contributed by atoms with Gasteiger partial charge in [0.1, 0.15) is 0 Å². The quantitative estimate of drug-likeness (QED) is 0.359. The number of halogens is 1. The number of carbonyl (C=O) groups excluding carboxylic acids is 1. The number of ether oxygens (including phenoxy) is 1. The number of nitrogens with one attached hydrogen (secondary N) is 1. The smallest absolute Gasteiger partial charge is 0.196 e. The van der Waals surface area contributed by atoms with Crippen LogP contribution in [0.4, 0.5) is 0 Å². The van der Waals surface area contributed by atoms with Crippen molar-refractivity contribution in [1.82, 2.24) is 9.88 Å². The lowest BCUT2D eigenvalue weighted by Crippen LogP contribution is -2.37. The zero-order valence-electron chi connectivity index (χ0n) is 18.5. The molecule has 4 aromatic rings. The molecule has 1 N–H and O–H groups in total. The molecular weight excluding hydrogens is 464 g/mol. The average Bonchev–Trinajstić information content (AvgIpc) is 3.17. The van der Waals surface area contributed by atoms with Crippen molar-refractivity contribution in [3.8, 4) is 0 Å². The molecule has 0 bridgehead atoms. The van der Waals surface area contributed by atoms with E-state index < -0.39 is 0 Å². The Kier molecular flexibility index (Phi) is 5.89. The van der Waals surface area contributed by atoms with Crippen molar-refractivity contribution in [3.63, 3.8) is 0 Å². The van der Waals surface area contributed by atoms with E-state index in [1.165, 1.54) is 5.56 Å². The van der Waals surface area contributed by atoms with Crippen molar-refractivity contribution in [2.45, 2.75) is 20.3 Å². The number of morpholine rings is 1. The van der Waals surface area contributed by atoms with E-state index in [0.29, 0.717) is 0 Å². The van der Waals surface area contributed by atoms with Crippen molar-refractivity contribution in [3.05, 3.63) is 81.0 Å². The highest BCUT2D eigenvalue weighted by Crippen LogP contribution is 2.34. The zero-order valence-corrected chi connectivity index (χ0v) is 20.1. The minimum atomic E-state index is 0.0793. The highest BCUT2D eigenvalue weighted by molar-refractivity contribution is 9.10. The van der Waals surface area contributed by atoms with Gasteiger partial charge in [0.25, 0.3) is 0 Å². The minimum Gasteiger partial charge on any atom is -0.379 e. The van der Waals surface area contributed by atoms with Crippen molar-refractivity contribution in [2.75, 3.05) is 32.8 Å². The van der Waals surface area contributed by atoms with Crippen LogP contribution in [0.2, 0.25) is 0 Å². The van der Waals surface area contributed by atoms with Crippen LogP contribution in [0.1, 0.15) is 32.7 Å². The van der Waals surface area contributed by atoms with Gasteiger partial charge in [0.2, 0.25) is 0 Å². The maximum Gasteiger partial charge on any atom is 0.196 e. The maximum atomic E-state index is 14.0. The molecular formula is C27H27BrN2O2. The first kappa shape index (κ1) is 21.4. The summed E-state index contributed by atoms with van der Waals surface area (Å²) in [4.78, 5) is 19.9. The first-order valence-electron chi connectivity index (χ1n) is 11.2. The first-order chi connectivity index (χ1) is 15.5. The van der Waals surface area contributed by atoms with Crippen LogP contribution in [0.5, 0.6) is 0 Å². The van der Waals surface area contributed by atoms with Crippen molar-refractivity contribution >= 4 is 43.4 Å². The molecule has 1 saturated heterocycles. The van der Waals surface area contributed by atoms with Gasteiger partial charge >= 0.3 is 0 Å². The van der Waals surface area contributed by atoms with Crippen LogP contribution in [-0.2, 0) is 11.2 Å². The molecule has 32 heavy (non-hydrogen) atoms. The summed E-state index contributed by atoms with van der Waals surface area (Å²) >= 11 is 3.63. The van der Waals surface area contributed by atoms with E-state index in [9.17, 15) is 4.79 Å². The number of fused-ring (bicyclic) bond motifs is 2. The van der Waals surface area contributed by atoms with Crippen molar-refractivity contribution in [1.29, 1.82) is 0 Å². The molecule has 1 fully saturated rings. The predicted octanol–water partition coefficient (Wildman–Crippen LogP) is 5.81. The molecule has 0 atom stereocenters. The standard InChI is InChI=1S/C27H27BrN2O2/c1-17-7-8-19(11-12-30-13-15-32-16-14-30)25-24(18(2)29-26(17)25)27(31)22-9-10-23(28)21-6-4-3-5-20(21)22/h3-10,29H,11-16H2,1-2H3. The van der Waals surface area contributed by atoms with E-state index in [0.717, 1.165) is 87.8 Å². The molecule has 2 heterocycles. The normalized spacial score (nSPS) is 15.0. The number of aromatic amines is 1. The maximum absolute atomic E-state index is 14.0. The van der Waals surface area contributed by atoms with Gasteiger partial charge in [-0.25, -0.2) is 0 Å². The summed E-state index contributed by atoms with van der Waals surface area (Å²) in [5, 5.41) is 3.11. The minimum absolute atomic E-state index is 0.0793. The Hall–Kier alpha value is -2.47. The van der Waals surface area contributed by atoms with Crippen LogP contribution in [0, 0.1) is 13.8 Å². The van der Waals surface area contributed by atoms with Gasteiger partial charge in [0.05, 0.1) is 18.8 Å². The molecule has 1 aliphatic rings. The number of nitrogens with zero attached hydrogens (tertiary/aromatic N) is 1. The zero-order chi connectivity index (χ0) is 22.2. The third kappa shape index (κ3) is 3.79. The molecule has 0 saturated carbocycles. The summed E-state index contributed by atoms with van der Waals surface area (Å²) in [6, 6.07) is 16.4. The molecule has 0 amide bonds. The van der Waals surface area contributed by atoms with Crippen molar-refractivity contribution in [2.24, 2.45) is 0 Å². The predicted molar refractivity (Wildman–Crippen MR) is 134 cm³/mol. The Bertz CT molecular complexity index is 1320. The number of ketones is 1. The molecule has 0 radical (unpaired) electrons. The molecule has 1 aromatic heterocycles. The second-order valence-electron chi connectivity index (χ2n) is 8.59. The van der Waals surface area contributed by atoms with Crippen LogP contribution in [-0.4, -0.2) is 48.5 Å². The number of benzene rings is 3. The molecule has 0 spiro atoms. The van der Waals surface area contributed by atoms with Crippen molar-refractivity contribution < 1.29 is 9.53 Å². The monoisotopic (exact) mass is 490 g/mol. The lowest BCUT2D eigenvalue weighted by atomic mass is 9.92. The van der Waals surface area contributed by atoms with Crippen LogP contribution in [0.3, 0.4) is 0 Å². The highest BCUT2D eigenvalue weighted by atomic mass is 79.9. The largest absolute Gasteiger partial charge is 0.379 e. The molecule has 3 aromatic carbocycles. The summed E-state index contributed by atoms with van der Waals surface area (Å²) in [5.74, 6) is 0.0793. The van der Waals surface area contributed by atoms with Gasteiger partial charge < -0.3 is 9.72 Å². The summed E-state index contributed by atoms with van der Waals surface area (Å²) in [6.45, 7) is 8.63. The van der Waals surface area contributed by atoms with E-state index >= 15 is 0 Å². The van der Waals surface area contributed by atoms with E-state index in [4.69, 9.17) is 4.74 Å². The fourth-order valence-corrected chi connectivity index (χ4v) is 5.30. The van der Waals surface area contributed by atoms with E-state index in [-0.39, 0.29) is 5.78 Å². The molecule has 0 unspecified atom stereocenters. The van der Waals surface area contributed by atoms with Gasteiger partial charge in [-0.3, -0.25) is 9.69 Å². The molecule has 5 rings (SSSR count). The lowest BCUT2D eigenvalue weighted by molar-refractivity contribution is 0.0385. The van der Waals surface area contributed by atoms with Gasteiger partial charge in [0.15, 0.2) is 5.78 Å². The summed E-state index contributed by atoms with van der Waals surface area (Å²) in [5.41, 5.74) is 5.94. The highest BCUT2D eigenvalue weighted by Gasteiger charge is 2.23. The van der Waals surface area contributed by atoms with Crippen LogP contribution in [0.15, 0.2) is 53.0 Å². The fourth-order valence-electron chi connectivity index (χ4n) is 4.82. The summed E-state index contributed by atoms with van der Waals surface area (Å²) in [7, 11) is 0. The third-order valence-electron chi connectivity index (χ3n) is 6.58. The molecule has 0 aliphatic carbocycles. The number of aryl methyl sites for hydroxylation is 2. The number of hydrogen-bond acceptors (Lipinski definition) is 3. The molecule has 4 nitrogen and oxygen atoms in total. The number of aromatic nitrogens is 1. The molecule has 1 aliphatic heterocycles. The Morgan fingerprint density at radius 2 is 1.78 bits per heavy atom. The third-order valence-corrected chi connectivity index (χ3v) is 7.27. The Labute approximate surface area is 196 Å². The Morgan fingerprint density at radius 3 is 2.56 bits per heavy atom. The number of hydrogen-bond donors (Lipinski definition) is 1. The van der Waals surface area contributed by atoms with E-state index in [1.807, 2.05) is 37.3 Å². The Morgan fingerprint density at radius 1 is 1.03 bits per heavy atom. The fraction of sp³-hybridized carbons (Fsp3) is 0.296. The van der Waals surface area contributed by atoms with Gasteiger partial charge in [-0.05, 0) is 54.3 Å². The van der Waals surface area contributed by atoms with Gasteiger partial charge in [-0.15, -0.1) is 0 Å². The van der Waals surface area contributed by atoms with E-state index in [2.05, 4.69) is 50.9 Å². The number of carbonyl (C=O) groups is 1. The Balaban J connectivity index is 1.61. The average molecular weight is 491 g/mol. The van der Waals surface area contributed by atoms with Crippen LogP contribution < -0.4 is 0 Å². The second kappa shape index (κ2) is 8.81. The lowest BCUT2D eigenvalue weighted by Gasteiger charge is -2.26. The van der Waals surface area contributed by atoms with Gasteiger partial charge in [-0.2, -0.15) is 0 Å². The number of rotatable bonds is 5. The van der Waals surface area contributed by atoms with E-state index in [1.54, 1.807) is 0 Å². The van der Waals surface area contributed by atoms with Gasteiger partial charge in [0, 0.05) is 46.3 Å². The SMILES string of the molecule is Cc1[nH]c2c(C)ccc(CCN3CCOCC3)c2c1C(=O)c1ccc(Br)c2ccccc12. The molecule has 164 valence electrons. The first-order valence-corrected chi connectivity index (χ1v) is 12.0. The summed E-state index contributed by atoms with van der Waals surface area (Å²) in [6.07, 6.45) is 0.912. The van der Waals surface area contributed by atoms with Crippen LogP contribution in [0.25, 0.3) is 21.7 Å². The van der Waals surface area contributed by atoms with Crippen LogP contribution >= 0.6 is 15.9 Å². The topological polar surface area (TPSA) is 45.3 Å². The summed E-state index contributed by atoms with van der Waals surface area (Å²) < 4.78 is 6.49.